The van der Waals surface area contributed by atoms with Crippen LogP contribution in [0.5, 0.6) is 5.75 Å². The molecular formula is C22H15F3N3O3S-. The Labute approximate surface area is 184 Å². The molecule has 2 aromatic heterocycles. The van der Waals surface area contributed by atoms with Gasteiger partial charge in [0, 0.05) is 24.2 Å². The highest BCUT2D eigenvalue weighted by molar-refractivity contribution is 7.17. The van der Waals surface area contributed by atoms with E-state index in [1.54, 1.807) is 54.7 Å². The number of benzene rings is 2. The Morgan fingerprint density at radius 2 is 1.75 bits per heavy atom. The lowest BCUT2D eigenvalue weighted by Crippen LogP contribution is -2.24. The SMILES string of the molecule is COc1ccc(-c2cc(C(F)(F)F)nn2-c2ncc(-c3ccc(CC(=O)[O-])cc3)s2)cc1. The molecule has 164 valence electrons. The number of carbonyl (C=O) groups excluding carboxylic acids is 1. The molecule has 0 atom stereocenters. The molecule has 10 heteroatoms. The first-order valence-electron chi connectivity index (χ1n) is 9.31. The van der Waals surface area contributed by atoms with Gasteiger partial charge in [-0.25, -0.2) is 9.67 Å². The van der Waals surface area contributed by atoms with Gasteiger partial charge >= 0.3 is 6.18 Å². The third-order valence-electron chi connectivity index (χ3n) is 4.65. The minimum atomic E-state index is -4.61. The van der Waals surface area contributed by atoms with Gasteiger partial charge in [-0.1, -0.05) is 35.6 Å². The molecule has 4 rings (SSSR count). The van der Waals surface area contributed by atoms with E-state index in [4.69, 9.17) is 4.74 Å². The number of aromatic nitrogens is 3. The van der Waals surface area contributed by atoms with Crippen molar-refractivity contribution in [1.29, 1.82) is 0 Å². The van der Waals surface area contributed by atoms with Crippen molar-refractivity contribution >= 4 is 17.3 Å². The van der Waals surface area contributed by atoms with Crippen LogP contribution < -0.4 is 9.84 Å². The number of thiazole rings is 1. The van der Waals surface area contributed by atoms with Gasteiger partial charge in [0.25, 0.3) is 0 Å². The van der Waals surface area contributed by atoms with Crippen LogP contribution in [0.3, 0.4) is 0 Å². The number of carboxylic acids is 1. The number of alkyl halides is 3. The molecule has 0 spiro atoms. The molecule has 0 bridgehead atoms. The maximum absolute atomic E-state index is 13.4. The van der Waals surface area contributed by atoms with Gasteiger partial charge in [-0.3, -0.25) is 0 Å². The topological polar surface area (TPSA) is 80.1 Å². The summed E-state index contributed by atoms with van der Waals surface area (Å²) in [5.41, 5.74) is 1.08. The second-order valence-corrected chi connectivity index (χ2v) is 7.81. The van der Waals surface area contributed by atoms with Crippen LogP contribution in [0.25, 0.3) is 26.8 Å². The molecular weight excluding hydrogens is 443 g/mol. The zero-order valence-electron chi connectivity index (χ0n) is 16.6. The van der Waals surface area contributed by atoms with Gasteiger partial charge in [-0.2, -0.15) is 18.3 Å². The summed E-state index contributed by atoms with van der Waals surface area (Å²) in [6, 6.07) is 14.4. The predicted octanol–water partition coefficient (Wildman–Crippen LogP) is 3.98. The molecule has 0 N–H and O–H groups in total. The molecule has 0 aliphatic heterocycles. The average Bonchev–Trinajstić information content (AvgIpc) is 3.41. The van der Waals surface area contributed by atoms with Crippen LogP contribution in [0.15, 0.2) is 60.8 Å². The number of aliphatic carboxylic acids is 1. The van der Waals surface area contributed by atoms with Crippen LogP contribution >= 0.6 is 11.3 Å². The smallest absolute Gasteiger partial charge is 0.435 e. The standard InChI is InChI=1S/C22H16F3N3O3S/c1-31-16-8-6-14(7-9-16)17-11-19(22(23,24)25)27-28(17)21-26-12-18(32-21)15-4-2-13(3-5-15)10-20(29)30/h2-9,11-12H,10H2,1H3,(H,29,30)/p-1. The van der Waals surface area contributed by atoms with Gasteiger partial charge < -0.3 is 14.6 Å². The van der Waals surface area contributed by atoms with E-state index >= 15 is 0 Å². The van der Waals surface area contributed by atoms with E-state index in [0.717, 1.165) is 11.6 Å². The zero-order chi connectivity index (χ0) is 22.9. The summed E-state index contributed by atoms with van der Waals surface area (Å²) >= 11 is 1.17. The van der Waals surface area contributed by atoms with Crippen molar-refractivity contribution < 1.29 is 27.8 Å². The molecule has 4 aromatic rings. The molecule has 0 aliphatic carbocycles. The van der Waals surface area contributed by atoms with E-state index in [-0.39, 0.29) is 17.2 Å². The van der Waals surface area contributed by atoms with E-state index in [1.165, 1.54) is 23.1 Å². The number of carboxylic acid groups (broad SMARTS) is 1. The second-order valence-electron chi connectivity index (χ2n) is 6.81. The van der Waals surface area contributed by atoms with Crippen molar-refractivity contribution in [2.75, 3.05) is 7.11 Å². The van der Waals surface area contributed by atoms with Crippen molar-refractivity contribution in [3.05, 3.63) is 72.1 Å². The molecule has 6 nitrogen and oxygen atoms in total. The van der Waals surface area contributed by atoms with Crippen LogP contribution in [-0.2, 0) is 17.4 Å². The van der Waals surface area contributed by atoms with Crippen molar-refractivity contribution in [2.45, 2.75) is 12.6 Å². The first-order valence-corrected chi connectivity index (χ1v) is 10.1. The van der Waals surface area contributed by atoms with Gasteiger partial charge in [0.2, 0.25) is 5.13 Å². The third kappa shape index (κ3) is 4.50. The summed E-state index contributed by atoms with van der Waals surface area (Å²) in [5, 5.41) is 14.7. The van der Waals surface area contributed by atoms with Crippen molar-refractivity contribution in [3.8, 4) is 32.6 Å². The minimum absolute atomic E-state index is 0.201. The van der Waals surface area contributed by atoms with Gasteiger partial charge in [0.15, 0.2) is 5.69 Å². The number of halogens is 3. The molecule has 0 fully saturated rings. The van der Waals surface area contributed by atoms with Crippen molar-refractivity contribution in [3.63, 3.8) is 0 Å². The van der Waals surface area contributed by atoms with Gasteiger partial charge in [-0.15, -0.1) is 0 Å². The molecule has 0 saturated heterocycles. The summed E-state index contributed by atoms with van der Waals surface area (Å²) < 4.78 is 46.4. The molecule has 0 aliphatic rings. The van der Waals surface area contributed by atoms with Crippen LogP contribution in [0.2, 0.25) is 0 Å². The predicted molar refractivity (Wildman–Crippen MR) is 110 cm³/mol. The number of carbonyl (C=O) groups is 1. The molecule has 32 heavy (non-hydrogen) atoms. The van der Waals surface area contributed by atoms with E-state index in [9.17, 15) is 23.1 Å². The quantitative estimate of drug-likeness (QED) is 0.437. The first kappa shape index (κ1) is 21.6. The van der Waals surface area contributed by atoms with E-state index < -0.39 is 17.8 Å². The Hall–Kier alpha value is -3.66. The molecule has 0 radical (unpaired) electrons. The lowest BCUT2D eigenvalue weighted by molar-refractivity contribution is -0.304. The number of nitrogens with zero attached hydrogens (tertiary/aromatic N) is 3. The Kier molecular flexibility index (Phi) is 5.70. The summed E-state index contributed by atoms with van der Waals surface area (Å²) in [6.45, 7) is 0. The fourth-order valence-corrected chi connectivity index (χ4v) is 3.97. The van der Waals surface area contributed by atoms with Gasteiger partial charge in [0.05, 0.1) is 17.7 Å². The number of rotatable bonds is 6. The highest BCUT2D eigenvalue weighted by Gasteiger charge is 2.35. The van der Waals surface area contributed by atoms with Crippen LogP contribution in [0.1, 0.15) is 11.3 Å². The van der Waals surface area contributed by atoms with Crippen molar-refractivity contribution in [2.24, 2.45) is 0 Å². The monoisotopic (exact) mass is 458 g/mol. The van der Waals surface area contributed by atoms with Crippen LogP contribution in [0, 0.1) is 0 Å². The Balaban J connectivity index is 1.72. The zero-order valence-corrected chi connectivity index (χ0v) is 17.4. The lowest BCUT2D eigenvalue weighted by Gasteiger charge is -2.05. The maximum Gasteiger partial charge on any atom is 0.435 e. The number of hydrogen-bond donors (Lipinski definition) is 0. The van der Waals surface area contributed by atoms with Gasteiger partial charge in [-0.05, 0) is 41.5 Å². The largest absolute Gasteiger partial charge is 0.550 e. The van der Waals surface area contributed by atoms with Crippen LogP contribution in [-0.4, -0.2) is 27.8 Å². The third-order valence-corrected chi connectivity index (χ3v) is 5.67. The molecule has 2 aromatic carbocycles. The summed E-state index contributed by atoms with van der Waals surface area (Å²) in [5.74, 6) is -0.599. The maximum atomic E-state index is 13.4. The summed E-state index contributed by atoms with van der Waals surface area (Å²) in [4.78, 5) is 15.7. The number of hydrogen-bond acceptors (Lipinski definition) is 6. The lowest BCUT2D eigenvalue weighted by atomic mass is 10.1. The van der Waals surface area contributed by atoms with E-state index in [2.05, 4.69) is 10.1 Å². The van der Waals surface area contributed by atoms with Gasteiger partial charge in [0.1, 0.15) is 5.75 Å². The Bertz CT molecular complexity index is 1250. The molecule has 0 unspecified atom stereocenters. The van der Waals surface area contributed by atoms with E-state index in [1.807, 2.05) is 0 Å². The number of methoxy groups -OCH3 is 1. The first-order chi connectivity index (χ1) is 15.2. The summed E-state index contributed by atoms with van der Waals surface area (Å²) in [6.07, 6.45) is -3.27. The summed E-state index contributed by atoms with van der Waals surface area (Å²) in [7, 11) is 1.50. The number of ether oxygens (including phenoxy) is 1. The molecule has 0 saturated carbocycles. The van der Waals surface area contributed by atoms with Crippen molar-refractivity contribution in [1.82, 2.24) is 14.8 Å². The minimum Gasteiger partial charge on any atom is -0.550 e. The fraction of sp³-hybridized carbons (Fsp3) is 0.136. The van der Waals surface area contributed by atoms with Crippen LogP contribution in [0.4, 0.5) is 13.2 Å². The highest BCUT2D eigenvalue weighted by Crippen LogP contribution is 2.36. The fourth-order valence-electron chi connectivity index (χ4n) is 3.08. The molecule has 0 amide bonds. The van der Waals surface area contributed by atoms with E-state index in [0.29, 0.717) is 21.8 Å². The average molecular weight is 458 g/mol. The Morgan fingerprint density at radius 3 is 2.34 bits per heavy atom. The highest BCUT2D eigenvalue weighted by atomic mass is 32.1. The Morgan fingerprint density at radius 1 is 1.09 bits per heavy atom. The normalized spacial score (nSPS) is 11.5. The molecule has 2 heterocycles. The second kappa shape index (κ2) is 8.46.